The Morgan fingerprint density at radius 3 is 2.49 bits per heavy atom. The molecule has 3 heterocycles. The SMILES string of the molecule is CNC(=O)O[C@H]1CCCC1C(C#N)(c1ccccc1)C1CCN(CC2CN(c3ccc(OSN(C)c4nn(C)cc4Br)cc3)C2)CC1. The van der Waals surface area contributed by atoms with Gasteiger partial charge in [0.05, 0.1) is 16.0 Å². The molecular weight excluding hydrogens is 678 g/mol. The molecule has 10 nitrogen and oxygen atoms in total. The van der Waals surface area contributed by atoms with Crippen molar-refractivity contribution in [2.24, 2.45) is 24.8 Å². The topological polar surface area (TPSA) is 98.9 Å². The van der Waals surface area contributed by atoms with Crippen molar-refractivity contribution in [2.75, 3.05) is 56.0 Å². The Morgan fingerprint density at radius 2 is 1.85 bits per heavy atom. The smallest absolute Gasteiger partial charge is 0.407 e. The molecule has 2 aliphatic heterocycles. The van der Waals surface area contributed by atoms with Gasteiger partial charge in [0.15, 0.2) is 18.0 Å². The molecule has 0 spiro atoms. The van der Waals surface area contributed by atoms with Gasteiger partial charge in [-0.3, -0.25) is 8.99 Å². The number of aromatic nitrogens is 2. The lowest BCUT2D eigenvalue weighted by molar-refractivity contribution is 0.0307. The number of nitriles is 1. The maximum Gasteiger partial charge on any atom is 0.407 e. The highest BCUT2D eigenvalue weighted by atomic mass is 79.9. The number of ether oxygens (including phenoxy) is 1. The van der Waals surface area contributed by atoms with Crippen LogP contribution in [0.25, 0.3) is 0 Å². The summed E-state index contributed by atoms with van der Waals surface area (Å²) in [4.78, 5) is 17.2. The van der Waals surface area contributed by atoms with Gasteiger partial charge >= 0.3 is 6.09 Å². The number of hydrogen-bond acceptors (Lipinski definition) is 9. The molecule has 0 bridgehead atoms. The van der Waals surface area contributed by atoms with E-state index >= 15 is 0 Å². The molecule has 3 fully saturated rings. The molecule has 12 heteroatoms. The van der Waals surface area contributed by atoms with Crippen molar-refractivity contribution in [2.45, 2.75) is 43.6 Å². The lowest BCUT2D eigenvalue weighted by atomic mass is 9.59. The quantitative estimate of drug-likeness (QED) is 0.178. The lowest BCUT2D eigenvalue weighted by Gasteiger charge is -2.47. The summed E-state index contributed by atoms with van der Waals surface area (Å²) in [6, 6.07) is 21.4. The van der Waals surface area contributed by atoms with Crippen LogP contribution in [0.3, 0.4) is 0 Å². The molecule has 1 aromatic heterocycles. The number of nitrogens with zero attached hydrogens (tertiary/aromatic N) is 6. The van der Waals surface area contributed by atoms with E-state index < -0.39 is 11.5 Å². The van der Waals surface area contributed by atoms with Gasteiger partial charge in [0.1, 0.15) is 11.9 Å². The van der Waals surface area contributed by atoms with E-state index in [1.165, 1.54) is 17.9 Å². The molecule has 1 N–H and O–H groups in total. The highest BCUT2D eigenvalue weighted by Crippen LogP contribution is 2.51. The number of hydrogen-bond donors (Lipinski definition) is 1. The Hall–Kier alpha value is -3.40. The van der Waals surface area contributed by atoms with Gasteiger partial charge in [-0.1, -0.05) is 30.3 Å². The number of carbonyl (C=O) groups excluding carboxylic acids is 1. The van der Waals surface area contributed by atoms with E-state index in [4.69, 9.17) is 8.92 Å². The molecule has 2 aromatic carbocycles. The second-order valence-electron chi connectivity index (χ2n) is 13.0. The third-order valence-corrected chi connectivity index (χ3v) is 11.4. The fourth-order valence-corrected chi connectivity index (χ4v) is 9.10. The van der Waals surface area contributed by atoms with Crippen LogP contribution in [0.1, 0.15) is 37.7 Å². The average molecular weight is 723 g/mol. The molecule has 1 aliphatic carbocycles. The summed E-state index contributed by atoms with van der Waals surface area (Å²) in [5.41, 5.74) is 1.61. The van der Waals surface area contributed by atoms with Crippen molar-refractivity contribution in [1.29, 1.82) is 5.26 Å². The Labute approximate surface area is 290 Å². The fourth-order valence-electron chi connectivity index (χ4n) is 7.83. The Morgan fingerprint density at radius 1 is 1.13 bits per heavy atom. The van der Waals surface area contributed by atoms with Crippen LogP contribution in [-0.4, -0.2) is 73.7 Å². The first kappa shape index (κ1) is 33.5. The number of benzene rings is 2. The fraction of sp³-hybridized carbons (Fsp3) is 0.514. The molecule has 250 valence electrons. The first-order chi connectivity index (χ1) is 22.8. The molecule has 2 unspecified atom stereocenters. The number of rotatable bonds is 11. The van der Waals surface area contributed by atoms with Crippen LogP contribution >= 0.6 is 28.2 Å². The zero-order chi connectivity index (χ0) is 33.0. The number of piperidine rings is 1. The van der Waals surface area contributed by atoms with Gasteiger partial charge in [0.25, 0.3) is 0 Å². The second-order valence-corrected chi connectivity index (χ2v) is 14.8. The van der Waals surface area contributed by atoms with Crippen LogP contribution in [0.15, 0.2) is 65.3 Å². The van der Waals surface area contributed by atoms with Crippen LogP contribution in [0.2, 0.25) is 0 Å². The molecule has 0 radical (unpaired) electrons. The molecule has 2 saturated heterocycles. The van der Waals surface area contributed by atoms with Gasteiger partial charge in [0, 0.05) is 64.5 Å². The molecule has 1 saturated carbocycles. The number of anilines is 2. The third-order valence-electron chi connectivity index (χ3n) is 10.2. The van der Waals surface area contributed by atoms with E-state index in [1.54, 1.807) is 11.7 Å². The van der Waals surface area contributed by atoms with Crippen LogP contribution in [0.5, 0.6) is 5.75 Å². The highest BCUT2D eigenvalue weighted by Gasteiger charge is 2.53. The molecule has 3 atom stereocenters. The lowest BCUT2D eigenvalue weighted by Crippen LogP contribution is -2.54. The minimum absolute atomic E-state index is 0.0109. The summed E-state index contributed by atoms with van der Waals surface area (Å²) in [6.07, 6.45) is 5.86. The number of aryl methyl sites for hydroxylation is 1. The van der Waals surface area contributed by atoms with Crippen molar-refractivity contribution in [3.05, 3.63) is 70.8 Å². The molecule has 1 amide bonds. The normalized spacial score (nSPS) is 21.8. The predicted molar refractivity (Wildman–Crippen MR) is 189 cm³/mol. The monoisotopic (exact) mass is 721 g/mol. The van der Waals surface area contributed by atoms with Crippen molar-refractivity contribution < 1.29 is 13.7 Å². The van der Waals surface area contributed by atoms with Crippen LogP contribution in [0, 0.1) is 29.1 Å². The van der Waals surface area contributed by atoms with E-state index in [0.717, 1.165) is 86.4 Å². The number of likely N-dealkylation sites (tertiary alicyclic amines) is 1. The summed E-state index contributed by atoms with van der Waals surface area (Å²) in [5, 5.41) is 18.0. The Bertz CT molecular complexity index is 1540. The molecular formula is C35H44BrN7O3S. The van der Waals surface area contributed by atoms with E-state index in [2.05, 4.69) is 66.5 Å². The summed E-state index contributed by atoms with van der Waals surface area (Å²) in [6.45, 7) is 5.12. The third kappa shape index (κ3) is 7.22. The Kier molecular flexibility index (Phi) is 10.5. The van der Waals surface area contributed by atoms with E-state index in [0.29, 0.717) is 5.92 Å². The van der Waals surface area contributed by atoms with Crippen LogP contribution < -0.4 is 18.7 Å². The van der Waals surface area contributed by atoms with Gasteiger partial charge in [-0.15, -0.1) is 0 Å². The minimum Gasteiger partial charge on any atom is -0.446 e. The van der Waals surface area contributed by atoms with Gasteiger partial charge in [-0.25, -0.2) is 4.79 Å². The van der Waals surface area contributed by atoms with Gasteiger partial charge in [0.2, 0.25) is 0 Å². The summed E-state index contributed by atoms with van der Waals surface area (Å²) >= 11 is 4.78. The van der Waals surface area contributed by atoms with Crippen molar-refractivity contribution in [3.63, 3.8) is 0 Å². The predicted octanol–water partition coefficient (Wildman–Crippen LogP) is 6.40. The average Bonchev–Trinajstić information content (AvgIpc) is 3.68. The number of amides is 1. The summed E-state index contributed by atoms with van der Waals surface area (Å²) < 4.78 is 16.3. The molecule has 3 aromatic rings. The van der Waals surface area contributed by atoms with E-state index in [-0.39, 0.29) is 17.9 Å². The second kappa shape index (κ2) is 14.8. The minimum atomic E-state index is -0.672. The van der Waals surface area contributed by atoms with Crippen molar-refractivity contribution in [1.82, 2.24) is 20.0 Å². The molecule has 6 rings (SSSR count). The number of alkyl carbamates (subject to hydrolysis) is 1. The number of halogens is 1. The van der Waals surface area contributed by atoms with Crippen LogP contribution in [-0.2, 0) is 17.2 Å². The number of carbonyl (C=O) groups is 1. The standard InChI is InChI=1S/C35H44BrN7O3S/c1-38-34(44)45-32-11-7-10-30(32)35(24-37,26-8-5-4-6-9-26)27-16-18-42(19-17-27)20-25-21-43(22-25)28-12-14-29(15-13-28)46-47-41(3)33-31(36)23-40(2)39-33/h4-6,8-9,12-15,23,25,27,30,32H,7,10-11,16-22H2,1-3H3,(H,38,44)/t30?,32-,35?/m0/s1. The molecule has 47 heavy (non-hydrogen) atoms. The van der Waals surface area contributed by atoms with E-state index in [9.17, 15) is 10.1 Å². The summed E-state index contributed by atoms with van der Waals surface area (Å²) in [5.74, 6) is 2.43. The van der Waals surface area contributed by atoms with Gasteiger partial charge in [-0.2, -0.15) is 10.4 Å². The van der Waals surface area contributed by atoms with Crippen LogP contribution in [0.4, 0.5) is 16.3 Å². The van der Waals surface area contributed by atoms with Gasteiger partial charge < -0.3 is 24.0 Å². The number of nitrogens with one attached hydrogen (secondary N) is 1. The molecule has 3 aliphatic rings. The van der Waals surface area contributed by atoms with Gasteiger partial charge in [-0.05, 0) is 96.9 Å². The zero-order valence-corrected chi connectivity index (χ0v) is 29.8. The maximum atomic E-state index is 12.2. The largest absolute Gasteiger partial charge is 0.446 e. The summed E-state index contributed by atoms with van der Waals surface area (Å²) in [7, 11) is 5.41. The highest BCUT2D eigenvalue weighted by molar-refractivity contribution is 9.10. The maximum absolute atomic E-state index is 12.2. The van der Waals surface area contributed by atoms with Crippen molar-refractivity contribution >= 4 is 45.8 Å². The zero-order valence-electron chi connectivity index (χ0n) is 27.3. The Balaban J connectivity index is 1.01. The van der Waals surface area contributed by atoms with E-state index in [1.807, 2.05) is 54.9 Å². The van der Waals surface area contributed by atoms with Crippen molar-refractivity contribution in [3.8, 4) is 11.8 Å². The first-order valence-electron chi connectivity index (χ1n) is 16.5. The first-order valence-corrected chi connectivity index (χ1v) is 18.0.